The van der Waals surface area contributed by atoms with Crippen LogP contribution in [0.1, 0.15) is 35.4 Å². The van der Waals surface area contributed by atoms with Gasteiger partial charge in [0.25, 0.3) is 0 Å². The Morgan fingerprint density at radius 1 is 1.30 bits per heavy atom. The zero-order valence-electron chi connectivity index (χ0n) is 11.0. The fourth-order valence-corrected chi connectivity index (χ4v) is 2.74. The Morgan fingerprint density at radius 3 is 2.90 bits per heavy atom. The van der Waals surface area contributed by atoms with Crippen molar-refractivity contribution in [2.24, 2.45) is 0 Å². The number of hydrogen-bond acceptors (Lipinski definition) is 2. The van der Waals surface area contributed by atoms with Gasteiger partial charge in [0.15, 0.2) is 5.69 Å². The minimum absolute atomic E-state index is 0.103. The van der Waals surface area contributed by atoms with E-state index in [1.54, 1.807) is 12.1 Å². The van der Waals surface area contributed by atoms with Gasteiger partial charge in [0.2, 0.25) is 0 Å². The smallest absolute Gasteiger partial charge is 0.356 e. The third-order valence-corrected chi connectivity index (χ3v) is 3.65. The molecule has 1 aromatic carbocycles. The molecule has 3 rings (SSSR count). The second-order valence-corrected chi connectivity index (χ2v) is 5.01. The van der Waals surface area contributed by atoms with Crippen LogP contribution in [-0.4, -0.2) is 20.6 Å². The summed E-state index contributed by atoms with van der Waals surface area (Å²) in [7, 11) is 0. The van der Waals surface area contributed by atoms with Gasteiger partial charge in [-0.05, 0) is 31.4 Å². The highest BCUT2D eigenvalue weighted by Crippen LogP contribution is 2.27. The largest absolute Gasteiger partial charge is 0.476 e. The van der Waals surface area contributed by atoms with Crippen LogP contribution in [0.15, 0.2) is 24.3 Å². The number of carboxylic acids is 1. The Bertz CT molecular complexity index is 664. The van der Waals surface area contributed by atoms with Crippen molar-refractivity contribution in [1.29, 1.82) is 0 Å². The van der Waals surface area contributed by atoms with Crippen molar-refractivity contribution in [3.8, 4) is 11.4 Å². The minimum atomic E-state index is -1.02. The molecule has 0 saturated carbocycles. The van der Waals surface area contributed by atoms with Gasteiger partial charge in [0.1, 0.15) is 11.6 Å². The summed E-state index contributed by atoms with van der Waals surface area (Å²) in [6.07, 6.45) is 3.74. The molecule has 0 bridgehead atoms. The lowest BCUT2D eigenvalue weighted by molar-refractivity contribution is 0.0689. The summed E-state index contributed by atoms with van der Waals surface area (Å²) in [5.41, 5.74) is 1.49. The number of benzene rings is 1. The van der Waals surface area contributed by atoms with Gasteiger partial charge in [-0.25, -0.2) is 14.2 Å². The first-order valence-corrected chi connectivity index (χ1v) is 6.75. The van der Waals surface area contributed by atoms with Crippen molar-refractivity contribution in [2.75, 3.05) is 0 Å². The second kappa shape index (κ2) is 5.07. The van der Waals surface area contributed by atoms with Crippen molar-refractivity contribution in [3.63, 3.8) is 0 Å². The van der Waals surface area contributed by atoms with E-state index < -0.39 is 5.97 Å². The Labute approximate surface area is 115 Å². The average molecular weight is 274 g/mol. The number of imidazole rings is 1. The minimum Gasteiger partial charge on any atom is -0.476 e. The van der Waals surface area contributed by atoms with Crippen LogP contribution in [0.2, 0.25) is 0 Å². The van der Waals surface area contributed by atoms with E-state index in [9.17, 15) is 14.3 Å². The van der Waals surface area contributed by atoms with E-state index in [-0.39, 0.29) is 11.5 Å². The maximum Gasteiger partial charge on any atom is 0.356 e. The van der Waals surface area contributed by atoms with E-state index in [2.05, 4.69) is 4.98 Å². The number of aromatic nitrogens is 2. The predicted octanol–water partition coefficient (Wildman–Crippen LogP) is 3.11. The fraction of sp³-hybridized carbons (Fsp3) is 0.333. The van der Waals surface area contributed by atoms with Crippen molar-refractivity contribution in [1.82, 2.24) is 9.55 Å². The molecule has 0 radical (unpaired) electrons. The van der Waals surface area contributed by atoms with Crippen LogP contribution in [0.25, 0.3) is 11.4 Å². The quantitative estimate of drug-likeness (QED) is 0.915. The van der Waals surface area contributed by atoms with E-state index >= 15 is 0 Å². The number of aromatic carboxylic acids is 1. The second-order valence-electron chi connectivity index (χ2n) is 5.01. The summed E-state index contributed by atoms with van der Waals surface area (Å²) >= 11 is 0. The lowest BCUT2D eigenvalue weighted by Crippen LogP contribution is -2.06. The highest BCUT2D eigenvalue weighted by atomic mass is 19.1. The van der Waals surface area contributed by atoms with Crippen molar-refractivity contribution < 1.29 is 14.3 Å². The third kappa shape index (κ3) is 2.19. The monoisotopic (exact) mass is 274 g/mol. The Morgan fingerprint density at radius 2 is 2.15 bits per heavy atom. The van der Waals surface area contributed by atoms with Gasteiger partial charge in [0.05, 0.1) is 5.69 Å². The molecule has 0 fully saturated rings. The van der Waals surface area contributed by atoms with Gasteiger partial charge >= 0.3 is 5.97 Å². The summed E-state index contributed by atoms with van der Waals surface area (Å²) in [4.78, 5) is 15.6. The topological polar surface area (TPSA) is 55.1 Å². The van der Waals surface area contributed by atoms with E-state index in [0.717, 1.165) is 31.5 Å². The molecule has 5 heteroatoms. The standard InChI is InChI=1S/C15H15FN2O2/c16-11-6-4-5-10(9-11)14-17-13(15(19)20)12-7-2-1-3-8-18(12)14/h4-6,9H,1-3,7-8H2,(H,19,20). The molecule has 104 valence electrons. The van der Waals surface area contributed by atoms with Gasteiger partial charge in [-0.1, -0.05) is 18.6 Å². The summed E-state index contributed by atoms with van der Waals surface area (Å²) in [5, 5.41) is 9.30. The summed E-state index contributed by atoms with van der Waals surface area (Å²) in [6.45, 7) is 0.738. The molecule has 2 aromatic rings. The van der Waals surface area contributed by atoms with Crippen LogP contribution in [0.4, 0.5) is 4.39 Å². The SMILES string of the molecule is O=C(O)c1nc(-c2cccc(F)c2)n2c1CCCCC2. The molecule has 1 aliphatic rings. The Balaban J connectivity index is 2.18. The number of rotatable bonds is 2. The Kier molecular flexibility index (Phi) is 3.26. The summed E-state index contributed by atoms with van der Waals surface area (Å²) in [5.74, 6) is -0.803. The number of hydrogen-bond donors (Lipinski definition) is 1. The first-order valence-electron chi connectivity index (χ1n) is 6.75. The maximum absolute atomic E-state index is 13.4. The molecule has 0 atom stereocenters. The van der Waals surface area contributed by atoms with E-state index in [1.165, 1.54) is 12.1 Å². The number of fused-ring (bicyclic) bond motifs is 1. The predicted molar refractivity (Wildman–Crippen MR) is 72.1 cm³/mol. The van der Waals surface area contributed by atoms with Crippen molar-refractivity contribution in [2.45, 2.75) is 32.2 Å². The van der Waals surface area contributed by atoms with Crippen LogP contribution in [0.3, 0.4) is 0 Å². The molecular formula is C15H15FN2O2. The van der Waals surface area contributed by atoms with E-state index in [4.69, 9.17) is 0 Å². The third-order valence-electron chi connectivity index (χ3n) is 3.65. The van der Waals surface area contributed by atoms with Gasteiger partial charge in [0, 0.05) is 12.1 Å². The lowest BCUT2D eigenvalue weighted by Gasteiger charge is -2.08. The van der Waals surface area contributed by atoms with E-state index in [1.807, 2.05) is 4.57 Å². The van der Waals surface area contributed by atoms with Gasteiger partial charge in [-0.3, -0.25) is 0 Å². The number of halogens is 1. The highest BCUT2D eigenvalue weighted by molar-refractivity contribution is 5.88. The normalized spacial score (nSPS) is 14.7. The number of carboxylic acid groups (broad SMARTS) is 1. The van der Waals surface area contributed by atoms with Gasteiger partial charge < -0.3 is 9.67 Å². The van der Waals surface area contributed by atoms with Crippen LogP contribution < -0.4 is 0 Å². The molecule has 1 N–H and O–H groups in total. The van der Waals surface area contributed by atoms with Gasteiger partial charge in [-0.2, -0.15) is 0 Å². The Hall–Kier alpha value is -2.17. The van der Waals surface area contributed by atoms with Crippen molar-refractivity contribution >= 4 is 5.97 Å². The molecule has 1 aromatic heterocycles. The average Bonchev–Trinajstić information content (AvgIpc) is 2.61. The molecule has 0 saturated heterocycles. The number of carbonyl (C=O) groups is 1. The van der Waals surface area contributed by atoms with Crippen molar-refractivity contribution in [3.05, 3.63) is 41.5 Å². The molecule has 0 amide bonds. The molecule has 0 unspecified atom stereocenters. The molecule has 1 aliphatic heterocycles. The molecule has 4 nitrogen and oxygen atoms in total. The molecule has 20 heavy (non-hydrogen) atoms. The molecule has 0 spiro atoms. The lowest BCUT2D eigenvalue weighted by atomic mass is 10.1. The van der Waals surface area contributed by atoms with Crippen LogP contribution in [0, 0.1) is 5.82 Å². The summed E-state index contributed by atoms with van der Waals surface area (Å²) < 4.78 is 15.3. The zero-order valence-corrected chi connectivity index (χ0v) is 11.0. The molecular weight excluding hydrogens is 259 g/mol. The highest BCUT2D eigenvalue weighted by Gasteiger charge is 2.23. The fourth-order valence-electron chi connectivity index (χ4n) is 2.74. The molecule has 0 aliphatic carbocycles. The number of nitrogens with zero attached hydrogens (tertiary/aromatic N) is 2. The maximum atomic E-state index is 13.4. The van der Waals surface area contributed by atoms with E-state index in [0.29, 0.717) is 17.8 Å². The first kappa shape index (κ1) is 12.8. The summed E-state index contributed by atoms with van der Waals surface area (Å²) in [6, 6.07) is 6.14. The first-order chi connectivity index (χ1) is 9.66. The molecule has 2 heterocycles. The van der Waals surface area contributed by atoms with Crippen LogP contribution in [0.5, 0.6) is 0 Å². The zero-order chi connectivity index (χ0) is 14.1. The van der Waals surface area contributed by atoms with Gasteiger partial charge in [-0.15, -0.1) is 0 Å². The van der Waals surface area contributed by atoms with Crippen LogP contribution >= 0.6 is 0 Å². The van der Waals surface area contributed by atoms with Crippen LogP contribution in [-0.2, 0) is 13.0 Å².